The van der Waals surface area contributed by atoms with E-state index < -0.39 is 28.0 Å². The van der Waals surface area contributed by atoms with E-state index in [0.717, 1.165) is 5.56 Å². The molecule has 4 N–H and O–H groups in total. The fraction of sp³-hybridized carbons (Fsp3) is 0.263. The Bertz CT molecular complexity index is 899. The average Bonchev–Trinajstić information content (AvgIpc) is 2.70. The summed E-state index contributed by atoms with van der Waals surface area (Å²) in [5.74, 6) is -0.0108. The average molecular weight is 405 g/mol. The van der Waals surface area contributed by atoms with Crippen LogP contribution in [0.2, 0.25) is 0 Å². The van der Waals surface area contributed by atoms with Gasteiger partial charge in [0.05, 0.1) is 16.7 Å². The van der Waals surface area contributed by atoms with E-state index in [-0.39, 0.29) is 23.8 Å². The lowest BCUT2D eigenvalue weighted by Gasteiger charge is -2.19. The first-order chi connectivity index (χ1) is 13.3. The number of nitrogens with two attached hydrogens (primary N) is 1. The molecule has 8 nitrogen and oxygen atoms in total. The van der Waals surface area contributed by atoms with Crippen molar-refractivity contribution in [2.45, 2.75) is 24.5 Å². The van der Waals surface area contributed by atoms with Gasteiger partial charge in [0.15, 0.2) is 9.84 Å². The zero-order chi connectivity index (χ0) is 20.6. The Morgan fingerprint density at radius 3 is 2.29 bits per heavy atom. The highest BCUT2D eigenvalue weighted by Crippen LogP contribution is 2.17. The summed E-state index contributed by atoms with van der Waals surface area (Å²) in [7, 11) is -3.33. The monoisotopic (exact) mass is 405 g/mol. The van der Waals surface area contributed by atoms with Crippen LogP contribution in [0.4, 0.5) is 9.59 Å². The molecule has 28 heavy (non-hydrogen) atoms. The van der Waals surface area contributed by atoms with E-state index in [2.05, 4.69) is 10.6 Å². The van der Waals surface area contributed by atoms with Gasteiger partial charge in [-0.3, -0.25) is 0 Å². The normalized spacial score (nSPS) is 12.0. The molecule has 0 radical (unpaired) electrons. The molecule has 0 saturated carbocycles. The van der Waals surface area contributed by atoms with Crippen molar-refractivity contribution in [3.63, 3.8) is 0 Å². The fourth-order valence-corrected chi connectivity index (χ4v) is 3.32. The molecular weight excluding hydrogens is 382 g/mol. The number of amides is 3. The maximum Gasteiger partial charge on any atom is 0.408 e. The first-order valence-electron chi connectivity index (χ1n) is 8.65. The maximum atomic E-state index is 12.1. The van der Waals surface area contributed by atoms with Crippen molar-refractivity contribution < 1.29 is 22.7 Å². The molecule has 2 aromatic rings. The van der Waals surface area contributed by atoms with Gasteiger partial charge >= 0.3 is 12.1 Å². The van der Waals surface area contributed by atoms with Crippen LogP contribution in [0.15, 0.2) is 59.5 Å². The summed E-state index contributed by atoms with van der Waals surface area (Å²) in [5.41, 5.74) is 6.54. The largest absolute Gasteiger partial charge is 0.445 e. The van der Waals surface area contributed by atoms with Crippen LogP contribution in [0.3, 0.4) is 0 Å². The maximum absolute atomic E-state index is 12.1. The molecule has 1 atom stereocenters. The topological polar surface area (TPSA) is 128 Å². The Labute approximate surface area is 164 Å². The number of alkyl carbamates (subject to hydrolysis) is 1. The third-order valence-corrected chi connectivity index (χ3v) is 5.76. The lowest BCUT2D eigenvalue weighted by molar-refractivity contribution is 0.135. The van der Waals surface area contributed by atoms with E-state index in [1.54, 1.807) is 19.1 Å². The van der Waals surface area contributed by atoms with E-state index in [1.165, 1.54) is 12.1 Å². The van der Waals surface area contributed by atoms with Gasteiger partial charge in [0.2, 0.25) is 0 Å². The Balaban J connectivity index is 2.08. The summed E-state index contributed by atoms with van der Waals surface area (Å²) in [4.78, 5) is 23.4. The lowest BCUT2D eigenvalue weighted by Crippen LogP contribution is -2.40. The summed E-state index contributed by atoms with van der Waals surface area (Å²) >= 11 is 0. The van der Waals surface area contributed by atoms with Crippen molar-refractivity contribution in [2.75, 3.05) is 12.3 Å². The van der Waals surface area contributed by atoms with Crippen LogP contribution in [0.25, 0.3) is 0 Å². The number of benzene rings is 2. The minimum absolute atomic E-state index is 0.0108. The van der Waals surface area contributed by atoms with Crippen molar-refractivity contribution in [1.82, 2.24) is 10.6 Å². The van der Waals surface area contributed by atoms with Crippen molar-refractivity contribution in [3.8, 4) is 0 Å². The molecule has 9 heteroatoms. The predicted octanol–water partition coefficient (Wildman–Crippen LogP) is 2.12. The van der Waals surface area contributed by atoms with E-state index >= 15 is 0 Å². The molecule has 0 aliphatic heterocycles. The molecule has 0 fully saturated rings. The summed E-state index contributed by atoms with van der Waals surface area (Å²) in [5, 5.41) is 5.08. The number of primary amides is 1. The minimum Gasteiger partial charge on any atom is -0.445 e. The minimum atomic E-state index is -3.33. The van der Waals surface area contributed by atoms with Crippen LogP contribution < -0.4 is 16.4 Å². The molecule has 0 saturated heterocycles. The first kappa shape index (κ1) is 21.2. The Hall–Kier alpha value is -3.07. The zero-order valence-corrected chi connectivity index (χ0v) is 16.2. The van der Waals surface area contributed by atoms with Crippen molar-refractivity contribution >= 4 is 22.0 Å². The van der Waals surface area contributed by atoms with Gasteiger partial charge in [-0.25, -0.2) is 18.0 Å². The Kier molecular flexibility index (Phi) is 7.39. The summed E-state index contributed by atoms with van der Waals surface area (Å²) in [6.07, 6.45) is -0.676. The molecule has 0 spiro atoms. The van der Waals surface area contributed by atoms with Crippen molar-refractivity contribution in [2.24, 2.45) is 5.73 Å². The SMILES string of the molecule is CCS(=O)(=O)c1ccc([C@H](CNC(N)=O)NC(=O)OCc2ccccc2)cc1. The van der Waals surface area contributed by atoms with Gasteiger partial charge in [-0.15, -0.1) is 0 Å². The van der Waals surface area contributed by atoms with Crippen molar-refractivity contribution in [1.29, 1.82) is 0 Å². The van der Waals surface area contributed by atoms with Crippen LogP contribution in [0, 0.1) is 0 Å². The highest BCUT2D eigenvalue weighted by Gasteiger charge is 2.18. The number of hydrogen-bond acceptors (Lipinski definition) is 5. The quantitative estimate of drug-likeness (QED) is 0.620. The number of ether oxygens (including phenoxy) is 1. The van der Waals surface area contributed by atoms with E-state index in [4.69, 9.17) is 10.5 Å². The number of hydrogen-bond donors (Lipinski definition) is 3. The summed E-state index contributed by atoms with van der Waals surface area (Å²) in [6, 6.07) is 13.9. The molecule has 3 amide bonds. The number of sulfone groups is 1. The van der Waals surface area contributed by atoms with Crippen LogP contribution >= 0.6 is 0 Å². The molecule has 150 valence electrons. The second kappa shape index (κ2) is 9.75. The van der Waals surface area contributed by atoms with Gasteiger partial charge in [0, 0.05) is 6.54 Å². The predicted molar refractivity (Wildman–Crippen MR) is 104 cm³/mol. The van der Waals surface area contributed by atoms with Crippen LogP contribution in [-0.4, -0.2) is 32.8 Å². The van der Waals surface area contributed by atoms with E-state index in [1.807, 2.05) is 30.3 Å². The van der Waals surface area contributed by atoms with E-state index in [9.17, 15) is 18.0 Å². The third-order valence-electron chi connectivity index (χ3n) is 4.01. The van der Waals surface area contributed by atoms with Gasteiger partial charge < -0.3 is 21.1 Å². The van der Waals surface area contributed by atoms with Gasteiger partial charge in [0.1, 0.15) is 6.61 Å². The number of nitrogens with one attached hydrogen (secondary N) is 2. The standard InChI is InChI=1S/C19H23N3O5S/c1-2-28(25,26)16-10-8-15(9-11-16)17(12-21-18(20)23)22-19(24)27-13-14-6-4-3-5-7-14/h3-11,17H,2,12-13H2,1H3,(H,22,24)(H3,20,21,23)/t17-/m0/s1. The molecule has 2 aromatic carbocycles. The fourth-order valence-electron chi connectivity index (χ4n) is 2.44. The molecule has 0 aliphatic carbocycles. The van der Waals surface area contributed by atoms with Crippen LogP contribution in [0.5, 0.6) is 0 Å². The number of carbonyl (C=O) groups is 2. The molecule has 0 bridgehead atoms. The number of carbonyl (C=O) groups excluding carboxylic acids is 2. The third kappa shape index (κ3) is 6.27. The highest BCUT2D eigenvalue weighted by molar-refractivity contribution is 7.91. The molecule has 0 unspecified atom stereocenters. The molecule has 2 rings (SSSR count). The summed E-state index contributed by atoms with van der Waals surface area (Å²) in [6.45, 7) is 1.68. The van der Waals surface area contributed by atoms with Gasteiger partial charge in [-0.05, 0) is 23.3 Å². The van der Waals surface area contributed by atoms with Gasteiger partial charge in [-0.2, -0.15) is 0 Å². The molecule has 0 aromatic heterocycles. The zero-order valence-electron chi connectivity index (χ0n) is 15.4. The second-order valence-corrected chi connectivity index (χ2v) is 8.25. The summed E-state index contributed by atoms with van der Waals surface area (Å²) < 4.78 is 29.1. The van der Waals surface area contributed by atoms with Crippen LogP contribution in [-0.2, 0) is 21.2 Å². The second-order valence-electron chi connectivity index (χ2n) is 5.98. The van der Waals surface area contributed by atoms with Crippen LogP contribution in [0.1, 0.15) is 24.1 Å². The lowest BCUT2D eigenvalue weighted by atomic mass is 10.1. The molecular formula is C19H23N3O5S. The molecule has 0 heterocycles. The highest BCUT2D eigenvalue weighted by atomic mass is 32.2. The Morgan fingerprint density at radius 2 is 1.71 bits per heavy atom. The van der Waals surface area contributed by atoms with E-state index in [0.29, 0.717) is 5.56 Å². The smallest absolute Gasteiger partial charge is 0.408 e. The number of rotatable bonds is 8. The van der Waals surface area contributed by atoms with Gasteiger partial charge in [0.25, 0.3) is 0 Å². The van der Waals surface area contributed by atoms with Crippen molar-refractivity contribution in [3.05, 3.63) is 65.7 Å². The Morgan fingerprint density at radius 1 is 1.07 bits per heavy atom. The van der Waals surface area contributed by atoms with Gasteiger partial charge in [-0.1, -0.05) is 49.4 Å². The molecule has 0 aliphatic rings. The first-order valence-corrected chi connectivity index (χ1v) is 10.3. The number of urea groups is 1.